The zero-order valence-corrected chi connectivity index (χ0v) is 9.14. The van der Waals surface area contributed by atoms with Crippen molar-refractivity contribution >= 4 is 24.1 Å². The first-order chi connectivity index (χ1) is 6.76. The Balaban J connectivity index is 0.00000196. The summed E-state index contributed by atoms with van der Waals surface area (Å²) in [5.74, 6) is 5.63. The number of benzene rings is 1. The van der Waals surface area contributed by atoms with E-state index in [0.29, 0.717) is 18.0 Å². The highest BCUT2D eigenvalue weighted by Crippen LogP contribution is 2.16. The molecule has 84 valence electrons. The Bertz CT molecular complexity index is 320. The van der Waals surface area contributed by atoms with E-state index in [4.69, 9.17) is 10.6 Å². The second kappa shape index (κ2) is 6.92. The molecular weight excluding hydrogens is 218 g/mol. The molecule has 2 amide bonds. The maximum atomic E-state index is 10.9. The van der Waals surface area contributed by atoms with Crippen LogP contribution in [0.15, 0.2) is 24.3 Å². The minimum atomic E-state index is -0.460. The minimum Gasteiger partial charge on any atom is -0.494 e. The van der Waals surface area contributed by atoms with Gasteiger partial charge in [-0.1, -0.05) is 6.07 Å². The van der Waals surface area contributed by atoms with E-state index in [-0.39, 0.29) is 12.4 Å². The Labute approximate surface area is 94.4 Å². The number of ether oxygens (including phenoxy) is 1. The van der Waals surface area contributed by atoms with Gasteiger partial charge in [0.05, 0.1) is 6.61 Å². The third-order valence-electron chi connectivity index (χ3n) is 1.53. The molecule has 1 aromatic rings. The fourth-order valence-electron chi connectivity index (χ4n) is 0.997. The lowest BCUT2D eigenvalue weighted by atomic mass is 10.3. The number of anilines is 1. The summed E-state index contributed by atoms with van der Waals surface area (Å²) >= 11 is 0. The molecule has 1 aromatic carbocycles. The van der Waals surface area contributed by atoms with Crippen molar-refractivity contribution in [1.29, 1.82) is 0 Å². The molecule has 6 heteroatoms. The van der Waals surface area contributed by atoms with Gasteiger partial charge in [0, 0.05) is 11.8 Å². The Hall–Kier alpha value is -1.46. The van der Waals surface area contributed by atoms with Crippen LogP contribution in [-0.2, 0) is 0 Å². The van der Waals surface area contributed by atoms with Crippen LogP contribution in [-0.4, -0.2) is 12.6 Å². The second-order valence-electron chi connectivity index (χ2n) is 2.56. The van der Waals surface area contributed by atoms with Crippen LogP contribution in [0.25, 0.3) is 0 Å². The summed E-state index contributed by atoms with van der Waals surface area (Å²) < 4.78 is 5.26. The predicted octanol–water partition coefficient (Wildman–Crippen LogP) is 1.50. The van der Waals surface area contributed by atoms with Crippen molar-refractivity contribution in [3.05, 3.63) is 24.3 Å². The average molecular weight is 232 g/mol. The number of carbonyl (C=O) groups is 1. The molecule has 1 rings (SSSR count). The Morgan fingerprint density at radius 3 is 2.87 bits per heavy atom. The summed E-state index contributed by atoms with van der Waals surface area (Å²) in [5, 5.41) is 2.54. The number of nitrogens with one attached hydrogen (secondary N) is 2. The van der Waals surface area contributed by atoms with Crippen LogP contribution in [0.3, 0.4) is 0 Å². The molecule has 4 N–H and O–H groups in total. The highest BCUT2D eigenvalue weighted by atomic mass is 35.5. The molecule has 0 fully saturated rings. The molecular formula is C9H14ClN3O2. The molecule has 0 atom stereocenters. The summed E-state index contributed by atoms with van der Waals surface area (Å²) in [4.78, 5) is 10.9. The zero-order chi connectivity index (χ0) is 10.4. The minimum absolute atomic E-state index is 0. The lowest BCUT2D eigenvalue weighted by Crippen LogP contribution is -2.34. The lowest BCUT2D eigenvalue weighted by molar-refractivity contribution is 0.252. The zero-order valence-electron chi connectivity index (χ0n) is 8.32. The summed E-state index contributed by atoms with van der Waals surface area (Å²) in [6.07, 6.45) is 0. The van der Waals surface area contributed by atoms with E-state index in [1.807, 2.05) is 18.4 Å². The van der Waals surface area contributed by atoms with Crippen molar-refractivity contribution in [1.82, 2.24) is 5.43 Å². The lowest BCUT2D eigenvalue weighted by Gasteiger charge is -2.06. The van der Waals surface area contributed by atoms with Gasteiger partial charge in [0.25, 0.3) is 0 Å². The van der Waals surface area contributed by atoms with Crippen molar-refractivity contribution in [2.45, 2.75) is 6.92 Å². The summed E-state index contributed by atoms with van der Waals surface area (Å²) in [5.41, 5.74) is 2.61. The van der Waals surface area contributed by atoms with Gasteiger partial charge < -0.3 is 10.1 Å². The monoisotopic (exact) mass is 231 g/mol. The SMILES string of the molecule is CCOc1cccc(NC(=O)NN)c1.Cl. The van der Waals surface area contributed by atoms with Crippen LogP contribution < -0.4 is 21.3 Å². The number of nitrogens with two attached hydrogens (primary N) is 1. The van der Waals surface area contributed by atoms with E-state index in [0.717, 1.165) is 0 Å². The highest BCUT2D eigenvalue weighted by molar-refractivity contribution is 5.88. The number of halogens is 1. The van der Waals surface area contributed by atoms with Crippen molar-refractivity contribution in [2.24, 2.45) is 5.84 Å². The van der Waals surface area contributed by atoms with Gasteiger partial charge in [0.1, 0.15) is 5.75 Å². The molecule has 0 unspecified atom stereocenters. The van der Waals surface area contributed by atoms with Crippen LogP contribution in [0.4, 0.5) is 10.5 Å². The normalized spacial score (nSPS) is 8.67. The smallest absolute Gasteiger partial charge is 0.333 e. The van der Waals surface area contributed by atoms with E-state index in [1.165, 1.54) is 0 Å². The van der Waals surface area contributed by atoms with Crippen LogP contribution >= 0.6 is 12.4 Å². The number of hydrogen-bond donors (Lipinski definition) is 3. The third-order valence-corrected chi connectivity index (χ3v) is 1.53. The Morgan fingerprint density at radius 1 is 1.53 bits per heavy atom. The Kier molecular flexibility index (Phi) is 6.24. The number of carbonyl (C=O) groups excluding carboxylic acids is 1. The van der Waals surface area contributed by atoms with Gasteiger partial charge in [-0.15, -0.1) is 12.4 Å². The molecule has 0 saturated carbocycles. The van der Waals surface area contributed by atoms with Crippen LogP contribution in [0.2, 0.25) is 0 Å². The molecule has 0 bridgehead atoms. The third kappa shape index (κ3) is 4.53. The van der Waals surface area contributed by atoms with Gasteiger partial charge in [-0.2, -0.15) is 0 Å². The fourth-order valence-corrected chi connectivity index (χ4v) is 0.997. The van der Waals surface area contributed by atoms with Crippen molar-refractivity contribution in [3.8, 4) is 5.75 Å². The second-order valence-corrected chi connectivity index (χ2v) is 2.56. The maximum absolute atomic E-state index is 10.9. The van der Waals surface area contributed by atoms with Gasteiger partial charge in [-0.25, -0.2) is 10.6 Å². The van der Waals surface area contributed by atoms with Gasteiger partial charge in [0.2, 0.25) is 0 Å². The molecule has 0 aliphatic carbocycles. The molecule has 0 spiro atoms. The van der Waals surface area contributed by atoms with Gasteiger partial charge in [-0.3, -0.25) is 5.43 Å². The molecule has 0 aliphatic rings. The summed E-state index contributed by atoms with van der Waals surface area (Å²) in [7, 11) is 0. The summed E-state index contributed by atoms with van der Waals surface area (Å²) in [6, 6.07) is 6.61. The fraction of sp³-hybridized carbons (Fsp3) is 0.222. The predicted molar refractivity (Wildman–Crippen MR) is 61.2 cm³/mol. The average Bonchev–Trinajstić information content (AvgIpc) is 2.19. The molecule has 0 saturated heterocycles. The molecule has 0 aliphatic heterocycles. The number of rotatable bonds is 3. The van der Waals surface area contributed by atoms with Crippen molar-refractivity contribution in [2.75, 3.05) is 11.9 Å². The largest absolute Gasteiger partial charge is 0.494 e. The van der Waals surface area contributed by atoms with E-state index >= 15 is 0 Å². The Morgan fingerprint density at radius 2 is 2.27 bits per heavy atom. The first-order valence-electron chi connectivity index (χ1n) is 4.26. The highest BCUT2D eigenvalue weighted by Gasteiger charge is 1.99. The molecule has 15 heavy (non-hydrogen) atoms. The molecule has 0 aromatic heterocycles. The molecule has 5 nitrogen and oxygen atoms in total. The summed E-state index contributed by atoms with van der Waals surface area (Å²) in [6.45, 7) is 2.49. The van der Waals surface area contributed by atoms with E-state index in [1.54, 1.807) is 18.2 Å². The first kappa shape index (κ1) is 13.5. The van der Waals surface area contributed by atoms with E-state index in [9.17, 15) is 4.79 Å². The van der Waals surface area contributed by atoms with Gasteiger partial charge in [0.15, 0.2) is 0 Å². The number of hydrazine groups is 1. The van der Waals surface area contributed by atoms with E-state index < -0.39 is 6.03 Å². The standard InChI is InChI=1S/C9H13N3O2.ClH/c1-2-14-8-5-3-4-7(6-8)11-9(13)12-10;/h3-6H,2,10H2,1H3,(H2,11,12,13);1H. The molecule has 0 heterocycles. The van der Waals surface area contributed by atoms with Gasteiger partial charge >= 0.3 is 6.03 Å². The quantitative estimate of drug-likeness (QED) is 0.419. The van der Waals surface area contributed by atoms with Crippen molar-refractivity contribution in [3.63, 3.8) is 0 Å². The maximum Gasteiger partial charge on any atom is 0.333 e. The van der Waals surface area contributed by atoms with Crippen LogP contribution in [0.1, 0.15) is 6.92 Å². The molecule has 0 radical (unpaired) electrons. The topological polar surface area (TPSA) is 76.4 Å². The number of hydrogen-bond acceptors (Lipinski definition) is 3. The van der Waals surface area contributed by atoms with Gasteiger partial charge in [-0.05, 0) is 19.1 Å². The number of urea groups is 1. The van der Waals surface area contributed by atoms with E-state index in [2.05, 4.69) is 5.32 Å². The number of amides is 2. The van der Waals surface area contributed by atoms with Crippen LogP contribution in [0.5, 0.6) is 5.75 Å². The van der Waals surface area contributed by atoms with Crippen molar-refractivity contribution < 1.29 is 9.53 Å². The van der Waals surface area contributed by atoms with Crippen LogP contribution in [0, 0.1) is 0 Å². The first-order valence-corrected chi connectivity index (χ1v) is 4.26.